The first-order chi connectivity index (χ1) is 11.0. The molecule has 2 nitrogen and oxygen atoms in total. The molecule has 3 heteroatoms. The molecule has 0 fully saturated rings. The van der Waals surface area contributed by atoms with E-state index in [-0.39, 0.29) is 0 Å². The predicted molar refractivity (Wildman–Crippen MR) is 105 cm³/mol. The van der Waals surface area contributed by atoms with Gasteiger partial charge in [-0.2, -0.15) is 0 Å². The maximum atomic E-state index is 6.04. The number of nitrogens with zero attached hydrogens (tertiary/aromatic N) is 1. The monoisotopic (exact) mass is 325 g/mol. The molecule has 0 atom stereocenters. The van der Waals surface area contributed by atoms with E-state index >= 15 is 0 Å². The smallest absolute Gasteiger partial charge is 0.242 e. The number of benzene rings is 1. The van der Waals surface area contributed by atoms with Crippen molar-refractivity contribution in [2.24, 2.45) is 0 Å². The summed E-state index contributed by atoms with van der Waals surface area (Å²) < 4.78 is 6.04. The number of hydrogen-bond acceptors (Lipinski definition) is 2. The molecule has 0 saturated carbocycles. The Labute approximate surface area is 141 Å². The van der Waals surface area contributed by atoms with Gasteiger partial charge >= 0.3 is 0 Å². The number of anilines is 1. The number of allylic oxidation sites excluding steroid dienone is 6. The number of para-hydroxylation sites is 1. The van der Waals surface area contributed by atoms with Gasteiger partial charge in [0.2, 0.25) is 8.32 Å². The molecule has 0 radical (unpaired) electrons. The summed E-state index contributed by atoms with van der Waals surface area (Å²) in [7, 11) is -1.57. The van der Waals surface area contributed by atoms with Crippen molar-refractivity contribution in [2.45, 2.75) is 26.6 Å². The Morgan fingerprint density at radius 2 is 1.78 bits per heavy atom. The van der Waals surface area contributed by atoms with Crippen molar-refractivity contribution in [3.8, 4) is 0 Å². The Morgan fingerprint density at radius 1 is 1.09 bits per heavy atom. The third-order valence-electron chi connectivity index (χ3n) is 2.69. The molecule has 1 aliphatic heterocycles. The van der Waals surface area contributed by atoms with Gasteiger partial charge in [0.1, 0.15) is 5.76 Å². The Balaban J connectivity index is 0.000000463. The third kappa shape index (κ3) is 8.07. The third-order valence-corrected chi connectivity index (χ3v) is 3.54. The first-order valence-corrected chi connectivity index (χ1v) is 11.2. The van der Waals surface area contributed by atoms with Gasteiger partial charge in [-0.15, -0.1) is 0 Å². The molecule has 23 heavy (non-hydrogen) atoms. The van der Waals surface area contributed by atoms with E-state index in [0.29, 0.717) is 0 Å². The zero-order chi connectivity index (χ0) is 17.1. The van der Waals surface area contributed by atoms with Crippen LogP contribution in [0.15, 0.2) is 91.5 Å². The summed E-state index contributed by atoms with van der Waals surface area (Å²) >= 11 is 0. The lowest BCUT2D eigenvalue weighted by molar-refractivity contribution is 0.440. The molecule has 1 heterocycles. The molecule has 122 valence electrons. The minimum Gasteiger partial charge on any atom is -0.543 e. The van der Waals surface area contributed by atoms with E-state index in [9.17, 15) is 0 Å². The van der Waals surface area contributed by atoms with Crippen molar-refractivity contribution in [1.29, 1.82) is 0 Å². The van der Waals surface area contributed by atoms with Crippen LogP contribution in [0.3, 0.4) is 0 Å². The molecule has 0 bridgehead atoms. The van der Waals surface area contributed by atoms with Gasteiger partial charge < -0.3 is 9.33 Å². The predicted octanol–water partition coefficient (Wildman–Crippen LogP) is 6.02. The van der Waals surface area contributed by atoms with Crippen molar-refractivity contribution in [3.05, 3.63) is 91.5 Å². The maximum absolute atomic E-state index is 6.04. The van der Waals surface area contributed by atoms with Crippen LogP contribution in [0.4, 0.5) is 5.69 Å². The molecular formula is C20H27NOSi. The van der Waals surface area contributed by atoms with E-state index in [4.69, 9.17) is 4.43 Å². The van der Waals surface area contributed by atoms with Gasteiger partial charge in [0.25, 0.3) is 0 Å². The van der Waals surface area contributed by atoms with Crippen LogP contribution in [-0.2, 0) is 4.43 Å². The van der Waals surface area contributed by atoms with Crippen molar-refractivity contribution in [2.75, 3.05) is 4.90 Å². The fourth-order valence-electron chi connectivity index (χ4n) is 1.83. The van der Waals surface area contributed by atoms with Crippen LogP contribution in [0.2, 0.25) is 19.6 Å². The molecule has 0 aliphatic carbocycles. The maximum Gasteiger partial charge on any atom is 0.242 e. The SMILES string of the molecule is C=CC=CC.C[Si](C)(C)OC1=CN(c2ccccc2)C=CC=C1. The summed E-state index contributed by atoms with van der Waals surface area (Å²) in [5, 5.41) is 0. The van der Waals surface area contributed by atoms with Crippen LogP contribution < -0.4 is 4.90 Å². The lowest BCUT2D eigenvalue weighted by atomic mass is 10.3. The molecule has 0 amide bonds. The first kappa shape index (κ1) is 18.8. The van der Waals surface area contributed by atoms with Gasteiger partial charge in [-0.3, -0.25) is 0 Å². The molecule has 1 aromatic rings. The first-order valence-electron chi connectivity index (χ1n) is 7.79. The van der Waals surface area contributed by atoms with Gasteiger partial charge in [0.05, 0.1) is 0 Å². The van der Waals surface area contributed by atoms with E-state index in [1.807, 2.05) is 67.9 Å². The minimum absolute atomic E-state index is 0.919. The second kappa shape index (κ2) is 9.69. The Hall–Kier alpha value is -2.26. The van der Waals surface area contributed by atoms with Crippen LogP contribution >= 0.6 is 0 Å². The van der Waals surface area contributed by atoms with Gasteiger partial charge in [-0.25, -0.2) is 0 Å². The summed E-state index contributed by atoms with van der Waals surface area (Å²) in [5.41, 5.74) is 1.13. The molecule has 2 rings (SSSR count). The largest absolute Gasteiger partial charge is 0.543 e. The van der Waals surface area contributed by atoms with Crippen molar-refractivity contribution in [1.82, 2.24) is 0 Å². The normalized spacial score (nSPS) is 13.9. The van der Waals surface area contributed by atoms with E-state index in [1.54, 1.807) is 6.08 Å². The van der Waals surface area contributed by atoms with Gasteiger partial charge in [0.15, 0.2) is 0 Å². The minimum atomic E-state index is -1.57. The Kier molecular flexibility index (Phi) is 7.92. The molecule has 0 spiro atoms. The highest BCUT2D eigenvalue weighted by Crippen LogP contribution is 2.20. The highest BCUT2D eigenvalue weighted by Gasteiger charge is 2.17. The van der Waals surface area contributed by atoms with Crippen LogP contribution in [0.25, 0.3) is 0 Å². The highest BCUT2D eigenvalue weighted by molar-refractivity contribution is 6.70. The second-order valence-corrected chi connectivity index (χ2v) is 10.4. The molecule has 0 saturated heterocycles. The number of rotatable bonds is 4. The van der Waals surface area contributed by atoms with Gasteiger partial charge in [0, 0.05) is 18.1 Å². The van der Waals surface area contributed by atoms with E-state index in [0.717, 1.165) is 11.4 Å². The molecule has 0 aromatic heterocycles. The lowest BCUT2D eigenvalue weighted by Crippen LogP contribution is -2.25. The molecule has 0 unspecified atom stereocenters. The van der Waals surface area contributed by atoms with Crippen molar-refractivity contribution >= 4 is 14.0 Å². The summed E-state index contributed by atoms with van der Waals surface area (Å²) in [6.07, 6.45) is 15.7. The second-order valence-electron chi connectivity index (χ2n) is 5.95. The standard InChI is InChI=1S/C15H19NOSi.C5H8/c1-18(2,3)17-15-11-7-8-12-16(13-15)14-9-5-4-6-10-14;1-3-5-4-2/h4-13H,1-3H3;3-5H,1H2,2H3. The quantitative estimate of drug-likeness (QED) is 0.496. The lowest BCUT2D eigenvalue weighted by Gasteiger charge is -2.22. The van der Waals surface area contributed by atoms with Crippen molar-refractivity contribution in [3.63, 3.8) is 0 Å². The van der Waals surface area contributed by atoms with Crippen LogP contribution in [0, 0.1) is 0 Å². The topological polar surface area (TPSA) is 12.5 Å². The fraction of sp³-hybridized carbons (Fsp3) is 0.200. The number of hydrogen-bond donors (Lipinski definition) is 0. The average Bonchev–Trinajstić information content (AvgIpc) is 2.73. The Bertz CT molecular complexity index is 592. The Morgan fingerprint density at radius 3 is 2.30 bits per heavy atom. The van der Waals surface area contributed by atoms with Crippen LogP contribution in [0.5, 0.6) is 0 Å². The van der Waals surface area contributed by atoms with Gasteiger partial charge in [-0.1, -0.05) is 49.1 Å². The molecule has 1 aromatic carbocycles. The highest BCUT2D eigenvalue weighted by atomic mass is 28.4. The van der Waals surface area contributed by atoms with E-state index in [1.165, 1.54) is 0 Å². The van der Waals surface area contributed by atoms with Gasteiger partial charge in [-0.05, 0) is 50.8 Å². The van der Waals surface area contributed by atoms with Crippen LogP contribution in [0.1, 0.15) is 6.92 Å². The summed E-state index contributed by atoms with van der Waals surface area (Å²) in [6, 6.07) is 10.3. The summed E-state index contributed by atoms with van der Waals surface area (Å²) in [4.78, 5) is 2.08. The molecule has 0 N–H and O–H groups in total. The van der Waals surface area contributed by atoms with E-state index in [2.05, 4.69) is 43.3 Å². The summed E-state index contributed by atoms with van der Waals surface area (Å²) in [5.74, 6) is 0.919. The van der Waals surface area contributed by atoms with E-state index < -0.39 is 8.32 Å². The zero-order valence-electron chi connectivity index (χ0n) is 14.6. The fourth-order valence-corrected chi connectivity index (χ4v) is 2.65. The average molecular weight is 326 g/mol. The zero-order valence-corrected chi connectivity index (χ0v) is 15.6. The van der Waals surface area contributed by atoms with Crippen LogP contribution in [-0.4, -0.2) is 8.32 Å². The molecule has 1 aliphatic rings. The molecular weight excluding hydrogens is 298 g/mol. The summed E-state index contributed by atoms with van der Waals surface area (Å²) in [6.45, 7) is 12.0. The van der Waals surface area contributed by atoms with Crippen molar-refractivity contribution < 1.29 is 4.43 Å².